The Morgan fingerprint density at radius 3 is 2.64 bits per heavy atom. The summed E-state index contributed by atoms with van der Waals surface area (Å²) in [5.41, 5.74) is -0.289. The van der Waals surface area contributed by atoms with Crippen LogP contribution in [0.3, 0.4) is 0 Å². The van der Waals surface area contributed by atoms with Crippen molar-refractivity contribution in [2.45, 2.75) is 64.8 Å². The predicted octanol–water partition coefficient (Wildman–Crippen LogP) is 3.11. The number of halogens is 1. The number of amides is 1. The molecule has 2 aliphatic heterocycles. The van der Waals surface area contributed by atoms with Crippen molar-refractivity contribution in [1.29, 1.82) is 0 Å². The maximum Gasteiger partial charge on any atom is 0.244 e. The van der Waals surface area contributed by atoms with Crippen LogP contribution in [0.25, 0.3) is 0 Å². The highest BCUT2D eigenvalue weighted by molar-refractivity contribution is 6.18. The average Bonchev–Trinajstić information content (AvgIpc) is 2.90. The molecule has 0 aromatic heterocycles. The van der Waals surface area contributed by atoms with E-state index in [9.17, 15) is 4.79 Å². The van der Waals surface area contributed by atoms with Crippen LogP contribution in [-0.2, 0) is 9.63 Å². The normalized spacial score (nSPS) is 46.0. The first kappa shape index (κ1) is 16.5. The molecule has 1 amide bonds. The fourth-order valence-corrected chi connectivity index (χ4v) is 5.39. The summed E-state index contributed by atoms with van der Waals surface area (Å²) >= 11 is 6.08. The van der Waals surface area contributed by atoms with Crippen LogP contribution in [-0.4, -0.2) is 46.6 Å². The highest BCUT2D eigenvalue weighted by Crippen LogP contribution is 2.53. The molecule has 3 fully saturated rings. The number of rotatable bonds is 2. The lowest BCUT2D eigenvalue weighted by Crippen LogP contribution is -2.61. The van der Waals surface area contributed by atoms with Gasteiger partial charge in [-0.15, -0.1) is 11.6 Å². The molecule has 3 rings (SSSR count). The van der Waals surface area contributed by atoms with E-state index in [-0.39, 0.29) is 29.6 Å². The third-order valence-electron chi connectivity index (χ3n) is 6.30. The van der Waals surface area contributed by atoms with E-state index >= 15 is 0 Å². The highest BCUT2D eigenvalue weighted by atomic mass is 35.5. The smallest absolute Gasteiger partial charge is 0.244 e. The first-order valence-corrected chi connectivity index (χ1v) is 9.17. The predicted molar refractivity (Wildman–Crippen MR) is 87.2 cm³/mol. The van der Waals surface area contributed by atoms with E-state index < -0.39 is 0 Å². The summed E-state index contributed by atoms with van der Waals surface area (Å²) in [6.07, 6.45) is 3.34. The van der Waals surface area contributed by atoms with Crippen molar-refractivity contribution in [2.24, 2.45) is 23.7 Å². The number of carbonyl (C=O) groups is 1. The van der Waals surface area contributed by atoms with Gasteiger partial charge in [0.1, 0.15) is 11.7 Å². The minimum absolute atomic E-state index is 0.0498. The van der Waals surface area contributed by atoms with Gasteiger partial charge in [0, 0.05) is 18.9 Å². The number of carbonyl (C=O) groups excluding carboxylic acids is 1. The maximum atomic E-state index is 13.0. The lowest BCUT2D eigenvalue weighted by molar-refractivity contribution is -0.261. The van der Waals surface area contributed by atoms with E-state index in [1.54, 1.807) is 0 Å². The summed E-state index contributed by atoms with van der Waals surface area (Å²) in [7, 11) is 1.97. The van der Waals surface area contributed by atoms with Crippen LogP contribution in [0, 0.1) is 23.7 Å². The van der Waals surface area contributed by atoms with Gasteiger partial charge in [0.15, 0.2) is 0 Å². The number of hydroxylamine groups is 2. The molecule has 0 unspecified atom stereocenters. The third-order valence-corrected chi connectivity index (χ3v) is 6.61. The van der Waals surface area contributed by atoms with Gasteiger partial charge < -0.3 is 4.90 Å². The van der Waals surface area contributed by atoms with E-state index in [1.165, 1.54) is 6.42 Å². The van der Waals surface area contributed by atoms with Crippen molar-refractivity contribution in [3.8, 4) is 0 Å². The van der Waals surface area contributed by atoms with Gasteiger partial charge in [0.2, 0.25) is 5.91 Å². The molecule has 4 nitrogen and oxygen atoms in total. The van der Waals surface area contributed by atoms with Crippen molar-refractivity contribution >= 4 is 17.5 Å². The number of fused-ring (bicyclic) bond motifs is 2. The number of hydrogen-bond acceptors (Lipinski definition) is 3. The number of likely N-dealkylation sites (N-methyl/N-ethyl adjacent to an activating group) is 1. The molecule has 0 bridgehead atoms. The minimum Gasteiger partial charge on any atom is -0.323 e. The minimum atomic E-state index is -0.289. The lowest BCUT2D eigenvalue weighted by Gasteiger charge is -2.52. The molecule has 6 atom stereocenters. The van der Waals surface area contributed by atoms with Crippen molar-refractivity contribution in [2.75, 3.05) is 12.9 Å². The van der Waals surface area contributed by atoms with Crippen molar-refractivity contribution < 1.29 is 9.63 Å². The van der Waals surface area contributed by atoms with Gasteiger partial charge >= 0.3 is 0 Å². The van der Waals surface area contributed by atoms with E-state index in [2.05, 4.69) is 32.8 Å². The second-order valence-corrected chi connectivity index (χ2v) is 8.25. The summed E-state index contributed by atoms with van der Waals surface area (Å²) < 4.78 is 0. The topological polar surface area (TPSA) is 32.8 Å². The Morgan fingerprint density at radius 2 is 2.05 bits per heavy atom. The number of alkyl halides is 1. The van der Waals surface area contributed by atoms with E-state index in [1.807, 2.05) is 11.9 Å². The molecule has 126 valence electrons. The zero-order valence-corrected chi connectivity index (χ0v) is 15.1. The second-order valence-electron chi connectivity index (χ2n) is 7.94. The van der Waals surface area contributed by atoms with Gasteiger partial charge in [0.25, 0.3) is 0 Å². The molecule has 2 heterocycles. The first-order chi connectivity index (χ1) is 10.3. The molecule has 1 spiro atoms. The molecule has 0 aromatic rings. The summed E-state index contributed by atoms with van der Waals surface area (Å²) in [4.78, 5) is 21.2. The Morgan fingerprint density at radius 1 is 1.36 bits per heavy atom. The molecular formula is C17H29ClN2O2. The Bertz CT molecular complexity index is 458. The largest absolute Gasteiger partial charge is 0.323 e. The van der Waals surface area contributed by atoms with Gasteiger partial charge in [-0.05, 0) is 24.7 Å². The maximum absolute atomic E-state index is 13.0. The quantitative estimate of drug-likeness (QED) is 0.730. The van der Waals surface area contributed by atoms with E-state index in [4.69, 9.17) is 16.4 Å². The first-order valence-electron chi connectivity index (χ1n) is 8.64. The highest BCUT2D eigenvalue weighted by Gasteiger charge is 2.66. The molecule has 0 radical (unpaired) electrons. The molecule has 22 heavy (non-hydrogen) atoms. The molecule has 1 aliphatic carbocycles. The molecule has 0 N–H and O–H groups in total. The number of hydrogen-bond donors (Lipinski definition) is 0. The Balaban J connectivity index is 2.04. The zero-order valence-electron chi connectivity index (χ0n) is 14.4. The summed E-state index contributed by atoms with van der Waals surface area (Å²) in [6.45, 7) is 8.93. The SMILES string of the molecule is CC(C)[C@@H]1CC[C@@H](C)C[C@]12N(C)C(=O)[C@@H]1[C@H](C)[C@@H](CCl)ON12. The van der Waals surface area contributed by atoms with Gasteiger partial charge in [-0.25, -0.2) is 0 Å². The van der Waals surface area contributed by atoms with Crippen molar-refractivity contribution in [3.05, 3.63) is 0 Å². The summed E-state index contributed by atoms with van der Waals surface area (Å²) in [5, 5.41) is 2.06. The molecule has 2 saturated heterocycles. The average molecular weight is 329 g/mol. The van der Waals surface area contributed by atoms with Gasteiger partial charge in [0.05, 0.1) is 12.0 Å². The van der Waals surface area contributed by atoms with E-state index in [0.717, 1.165) is 12.8 Å². The third kappa shape index (κ3) is 2.06. The van der Waals surface area contributed by atoms with Crippen LogP contribution in [0.1, 0.15) is 47.0 Å². The second kappa shape index (κ2) is 5.64. The van der Waals surface area contributed by atoms with Crippen molar-refractivity contribution in [3.63, 3.8) is 0 Å². The molecule has 5 heteroatoms. The number of nitrogens with zero attached hydrogens (tertiary/aromatic N) is 2. The van der Waals surface area contributed by atoms with Crippen molar-refractivity contribution in [1.82, 2.24) is 9.96 Å². The van der Waals surface area contributed by atoms with Crippen LogP contribution in [0.5, 0.6) is 0 Å². The van der Waals surface area contributed by atoms with Crippen LogP contribution >= 0.6 is 11.6 Å². The summed E-state index contributed by atoms with van der Waals surface area (Å²) in [6, 6.07) is -0.166. The van der Waals surface area contributed by atoms with Crippen LogP contribution < -0.4 is 0 Å². The molecule has 1 saturated carbocycles. The fraction of sp³-hybridized carbons (Fsp3) is 0.941. The molecular weight excluding hydrogens is 300 g/mol. The Hall–Kier alpha value is -0.320. The Labute approximate surface area is 139 Å². The summed E-state index contributed by atoms with van der Waals surface area (Å²) in [5.74, 6) is 2.39. The van der Waals surface area contributed by atoms with Gasteiger partial charge in [-0.3, -0.25) is 9.63 Å². The lowest BCUT2D eigenvalue weighted by atomic mass is 9.69. The molecule has 3 aliphatic rings. The van der Waals surface area contributed by atoms with E-state index in [0.29, 0.717) is 23.6 Å². The van der Waals surface area contributed by atoms with Crippen LogP contribution in [0.2, 0.25) is 0 Å². The monoisotopic (exact) mass is 328 g/mol. The zero-order chi connectivity index (χ0) is 16.2. The van der Waals surface area contributed by atoms with Gasteiger partial charge in [-0.2, -0.15) is 5.06 Å². The Kier molecular flexibility index (Phi) is 4.24. The van der Waals surface area contributed by atoms with Crippen LogP contribution in [0.4, 0.5) is 0 Å². The van der Waals surface area contributed by atoms with Gasteiger partial charge in [-0.1, -0.05) is 34.1 Å². The van der Waals surface area contributed by atoms with Crippen LogP contribution in [0.15, 0.2) is 0 Å². The fourth-order valence-electron chi connectivity index (χ4n) is 5.06. The molecule has 0 aromatic carbocycles. The standard InChI is InChI=1S/C17H29ClN2O2/c1-10(2)13-7-6-11(3)8-17(13)19(5)16(21)15-12(4)14(9-18)22-20(15)17/h10-15H,6-9H2,1-5H3/t11-,12-,13+,14-,15+,17-/m1/s1.